The second-order valence-corrected chi connectivity index (χ2v) is 5.02. The van der Waals surface area contributed by atoms with Crippen molar-refractivity contribution in [2.75, 3.05) is 6.54 Å². The third-order valence-electron chi connectivity index (χ3n) is 3.05. The highest BCUT2D eigenvalue weighted by Crippen LogP contribution is 2.20. The Morgan fingerprint density at radius 1 is 1.26 bits per heavy atom. The largest absolute Gasteiger partial charge is 0.332 e. The Morgan fingerprint density at radius 3 is 2.95 bits per heavy atom. The first-order valence-corrected chi connectivity index (χ1v) is 6.52. The summed E-state index contributed by atoms with van der Waals surface area (Å²) in [5.41, 5.74) is 0.189. The molecule has 0 aromatic carbocycles. The lowest BCUT2D eigenvalue weighted by Gasteiger charge is -2.27. The van der Waals surface area contributed by atoms with Crippen LogP contribution in [0.3, 0.4) is 0 Å². The van der Waals surface area contributed by atoms with Crippen LogP contribution in [0.5, 0.6) is 0 Å². The molecule has 0 atom stereocenters. The molecule has 1 aliphatic rings. The maximum atomic E-state index is 12.4. The number of aromatic nitrogens is 3. The van der Waals surface area contributed by atoms with Crippen molar-refractivity contribution in [2.24, 2.45) is 0 Å². The van der Waals surface area contributed by atoms with Crippen LogP contribution in [0.4, 0.5) is 0 Å². The van der Waals surface area contributed by atoms with Gasteiger partial charge in [0.2, 0.25) is 0 Å². The topological polar surface area (TPSA) is 51.0 Å². The molecule has 0 fully saturated rings. The summed E-state index contributed by atoms with van der Waals surface area (Å²) in [6.45, 7) is 1.78. The minimum atomic E-state index is -0.221. The number of hydrogen-bond acceptors (Lipinski definition) is 3. The maximum Gasteiger partial charge on any atom is 0.274 e. The number of carbonyl (C=O) groups is 1. The number of halogens is 2. The zero-order valence-corrected chi connectivity index (χ0v) is 11.4. The molecule has 2 aromatic heterocycles. The van der Waals surface area contributed by atoms with Crippen LogP contribution in [0, 0.1) is 0 Å². The Balaban J connectivity index is 1.87. The van der Waals surface area contributed by atoms with Gasteiger partial charge in [0, 0.05) is 25.5 Å². The smallest absolute Gasteiger partial charge is 0.274 e. The van der Waals surface area contributed by atoms with E-state index in [-0.39, 0.29) is 16.8 Å². The highest BCUT2D eigenvalue weighted by Gasteiger charge is 2.24. The molecule has 1 aliphatic heterocycles. The number of fused-ring (bicyclic) bond motifs is 1. The average molecular weight is 297 g/mol. The SMILES string of the molecule is O=C(c1nc(Cl)ccc1Cl)N1CCn2ccnc2C1. The fourth-order valence-electron chi connectivity index (χ4n) is 2.06. The summed E-state index contributed by atoms with van der Waals surface area (Å²) in [4.78, 5) is 22.3. The normalized spacial score (nSPS) is 14.3. The van der Waals surface area contributed by atoms with E-state index in [0.29, 0.717) is 18.1 Å². The fraction of sp³-hybridized carbons (Fsp3) is 0.250. The molecular weight excluding hydrogens is 287 g/mol. The molecule has 0 spiro atoms. The van der Waals surface area contributed by atoms with Gasteiger partial charge in [-0.05, 0) is 12.1 Å². The molecule has 5 nitrogen and oxygen atoms in total. The van der Waals surface area contributed by atoms with E-state index in [2.05, 4.69) is 9.97 Å². The Morgan fingerprint density at radius 2 is 2.11 bits per heavy atom. The zero-order valence-electron chi connectivity index (χ0n) is 9.88. The quantitative estimate of drug-likeness (QED) is 0.759. The fourth-order valence-corrected chi connectivity index (χ4v) is 2.40. The lowest BCUT2D eigenvalue weighted by Crippen LogP contribution is -2.38. The number of hydrogen-bond donors (Lipinski definition) is 0. The molecule has 19 heavy (non-hydrogen) atoms. The van der Waals surface area contributed by atoms with Crippen LogP contribution in [-0.4, -0.2) is 31.9 Å². The number of carbonyl (C=O) groups excluding carboxylic acids is 1. The third-order valence-corrected chi connectivity index (χ3v) is 3.56. The van der Waals surface area contributed by atoms with Crippen LogP contribution < -0.4 is 0 Å². The second-order valence-electron chi connectivity index (χ2n) is 4.23. The van der Waals surface area contributed by atoms with Crippen molar-refractivity contribution in [1.29, 1.82) is 0 Å². The first kappa shape index (κ1) is 12.4. The number of imidazole rings is 1. The molecule has 98 valence electrons. The number of nitrogens with zero attached hydrogens (tertiary/aromatic N) is 4. The van der Waals surface area contributed by atoms with E-state index in [4.69, 9.17) is 23.2 Å². The van der Waals surface area contributed by atoms with Gasteiger partial charge in [-0.1, -0.05) is 23.2 Å². The third kappa shape index (κ3) is 2.31. The molecular formula is C12H10Cl2N4O. The molecule has 0 radical (unpaired) electrons. The van der Waals surface area contributed by atoms with E-state index in [9.17, 15) is 4.79 Å². The lowest BCUT2D eigenvalue weighted by atomic mass is 10.2. The predicted molar refractivity (Wildman–Crippen MR) is 71.2 cm³/mol. The predicted octanol–water partition coefficient (Wildman–Crippen LogP) is 2.24. The van der Waals surface area contributed by atoms with Gasteiger partial charge < -0.3 is 9.47 Å². The maximum absolute atomic E-state index is 12.4. The van der Waals surface area contributed by atoms with Crippen LogP contribution in [0.25, 0.3) is 0 Å². The van der Waals surface area contributed by atoms with Crippen molar-refractivity contribution < 1.29 is 4.79 Å². The molecule has 0 unspecified atom stereocenters. The van der Waals surface area contributed by atoms with E-state index in [1.54, 1.807) is 23.2 Å². The molecule has 0 bridgehead atoms. The van der Waals surface area contributed by atoms with Crippen LogP contribution >= 0.6 is 23.2 Å². The van der Waals surface area contributed by atoms with Gasteiger partial charge in [0.1, 0.15) is 16.7 Å². The standard InChI is InChI=1S/C12H10Cl2N4O/c13-8-1-2-9(14)16-11(8)12(19)18-6-5-17-4-3-15-10(17)7-18/h1-4H,5-7H2. The van der Waals surface area contributed by atoms with E-state index >= 15 is 0 Å². The summed E-state index contributed by atoms with van der Waals surface area (Å²) in [6, 6.07) is 3.14. The van der Waals surface area contributed by atoms with Gasteiger partial charge in [-0.3, -0.25) is 4.79 Å². The Bertz CT molecular complexity index is 640. The van der Waals surface area contributed by atoms with Gasteiger partial charge in [0.05, 0.1) is 11.6 Å². The monoisotopic (exact) mass is 296 g/mol. The highest BCUT2D eigenvalue weighted by molar-refractivity contribution is 6.34. The van der Waals surface area contributed by atoms with Crippen LogP contribution in [-0.2, 0) is 13.1 Å². The average Bonchev–Trinajstić information content (AvgIpc) is 2.88. The summed E-state index contributed by atoms with van der Waals surface area (Å²) < 4.78 is 2.02. The van der Waals surface area contributed by atoms with Crippen LogP contribution in [0.15, 0.2) is 24.5 Å². The Labute approximate surface area is 119 Å². The van der Waals surface area contributed by atoms with Crippen LogP contribution in [0.1, 0.15) is 16.3 Å². The summed E-state index contributed by atoms with van der Waals surface area (Å²) >= 11 is 11.8. The number of amides is 1. The first-order chi connectivity index (χ1) is 9.15. The molecule has 0 saturated heterocycles. The number of pyridine rings is 1. The summed E-state index contributed by atoms with van der Waals surface area (Å²) in [5.74, 6) is 0.638. The highest BCUT2D eigenvalue weighted by atomic mass is 35.5. The van der Waals surface area contributed by atoms with Gasteiger partial charge in [-0.25, -0.2) is 9.97 Å². The number of rotatable bonds is 1. The van der Waals surface area contributed by atoms with Gasteiger partial charge in [-0.15, -0.1) is 0 Å². The molecule has 3 heterocycles. The molecule has 7 heteroatoms. The summed E-state index contributed by atoms with van der Waals surface area (Å²) in [6.07, 6.45) is 3.63. The van der Waals surface area contributed by atoms with Gasteiger partial charge >= 0.3 is 0 Å². The van der Waals surface area contributed by atoms with Gasteiger partial charge in [0.25, 0.3) is 5.91 Å². The lowest BCUT2D eigenvalue weighted by molar-refractivity contribution is 0.0701. The van der Waals surface area contributed by atoms with E-state index in [1.165, 1.54) is 0 Å². The van der Waals surface area contributed by atoms with E-state index in [1.807, 2.05) is 10.8 Å². The van der Waals surface area contributed by atoms with Crippen molar-refractivity contribution in [2.45, 2.75) is 13.1 Å². The van der Waals surface area contributed by atoms with Gasteiger partial charge in [0.15, 0.2) is 0 Å². The molecule has 0 aliphatic carbocycles. The molecule has 3 rings (SSSR count). The van der Waals surface area contributed by atoms with Crippen molar-refractivity contribution >= 4 is 29.1 Å². The first-order valence-electron chi connectivity index (χ1n) is 5.76. The second kappa shape index (κ2) is 4.83. The molecule has 2 aromatic rings. The molecule has 0 N–H and O–H groups in total. The Kier molecular flexibility index (Phi) is 3.16. The zero-order chi connectivity index (χ0) is 13.4. The Hall–Kier alpha value is -1.59. The molecule has 1 amide bonds. The van der Waals surface area contributed by atoms with Crippen molar-refractivity contribution in [3.05, 3.63) is 46.2 Å². The van der Waals surface area contributed by atoms with E-state index < -0.39 is 0 Å². The van der Waals surface area contributed by atoms with Crippen molar-refractivity contribution in [1.82, 2.24) is 19.4 Å². The summed E-state index contributed by atoms with van der Waals surface area (Å²) in [7, 11) is 0. The van der Waals surface area contributed by atoms with Crippen molar-refractivity contribution in [3.8, 4) is 0 Å². The molecule has 0 saturated carbocycles. The van der Waals surface area contributed by atoms with Gasteiger partial charge in [-0.2, -0.15) is 0 Å². The summed E-state index contributed by atoms with van der Waals surface area (Å²) in [5, 5.41) is 0.564. The minimum absolute atomic E-state index is 0.189. The minimum Gasteiger partial charge on any atom is -0.332 e. The van der Waals surface area contributed by atoms with E-state index in [0.717, 1.165) is 12.4 Å². The van der Waals surface area contributed by atoms with Crippen LogP contribution in [0.2, 0.25) is 10.2 Å². The van der Waals surface area contributed by atoms with Crippen molar-refractivity contribution in [3.63, 3.8) is 0 Å².